The van der Waals surface area contributed by atoms with E-state index in [4.69, 9.17) is 10.5 Å². The molecule has 5 heteroatoms. The first kappa shape index (κ1) is 11.6. The van der Waals surface area contributed by atoms with Crippen LogP contribution in [0.5, 0.6) is 5.75 Å². The van der Waals surface area contributed by atoms with Crippen LogP contribution in [0, 0.1) is 5.41 Å². The molecule has 1 rings (SSSR count). The first-order valence-corrected chi connectivity index (χ1v) is 3.47. The zero-order chi connectivity index (χ0) is 8.27. The van der Waals surface area contributed by atoms with E-state index in [9.17, 15) is 0 Å². The van der Waals surface area contributed by atoms with Crippen LogP contribution in [0.4, 0.5) is 5.69 Å². The van der Waals surface area contributed by atoms with Gasteiger partial charge in [0.15, 0.2) is 5.17 Å². The molecule has 0 aliphatic carbocycles. The molecule has 1 aromatic carbocycles. The minimum atomic E-state index is 0. The fraction of sp³-hybridized carbons (Fsp3) is 0. The Hall–Kier alpha value is -0.430. The number of phenolic OH excluding ortho intramolecular Hbond substituents is 1. The van der Waals surface area contributed by atoms with E-state index in [1.807, 2.05) is 0 Å². The Morgan fingerprint density at radius 1 is 1.50 bits per heavy atom. The zero-order valence-electron chi connectivity index (χ0n) is 6.11. The van der Waals surface area contributed by atoms with Gasteiger partial charge in [-0.25, -0.2) is 0 Å². The lowest BCUT2D eigenvalue weighted by atomic mass is 10.3. The second-order valence-electron chi connectivity index (χ2n) is 2.02. The SMILES string of the molecule is I.N=C(S)Nc1cccc(O)c1. The Morgan fingerprint density at radius 3 is 2.67 bits per heavy atom. The van der Waals surface area contributed by atoms with Gasteiger partial charge in [0.25, 0.3) is 0 Å². The van der Waals surface area contributed by atoms with Gasteiger partial charge in [-0.15, -0.1) is 36.6 Å². The molecule has 1 aromatic rings. The fourth-order valence-corrected chi connectivity index (χ4v) is 0.849. The van der Waals surface area contributed by atoms with E-state index in [-0.39, 0.29) is 34.9 Å². The summed E-state index contributed by atoms with van der Waals surface area (Å²) >= 11 is 3.73. The topological polar surface area (TPSA) is 56.1 Å². The average Bonchev–Trinajstić information content (AvgIpc) is 1.85. The maximum atomic E-state index is 8.99. The van der Waals surface area contributed by atoms with Crippen molar-refractivity contribution in [3.63, 3.8) is 0 Å². The largest absolute Gasteiger partial charge is 0.508 e. The van der Waals surface area contributed by atoms with Crippen LogP contribution in [-0.4, -0.2) is 10.3 Å². The number of anilines is 1. The van der Waals surface area contributed by atoms with E-state index in [0.29, 0.717) is 5.69 Å². The van der Waals surface area contributed by atoms with Gasteiger partial charge in [-0.3, -0.25) is 5.41 Å². The Bertz CT molecular complexity index is 280. The summed E-state index contributed by atoms with van der Waals surface area (Å²) in [7, 11) is 0. The van der Waals surface area contributed by atoms with Crippen molar-refractivity contribution in [3.05, 3.63) is 24.3 Å². The van der Waals surface area contributed by atoms with Crippen molar-refractivity contribution < 1.29 is 5.11 Å². The Balaban J connectivity index is 0.00000121. The second-order valence-corrected chi connectivity index (χ2v) is 2.47. The third-order valence-electron chi connectivity index (χ3n) is 1.11. The van der Waals surface area contributed by atoms with Gasteiger partial charge in [-0.05, 0) is 12.1 Å². The maximum Gasteiger partial charge on any atom is 0.155 e. The molecule has 0 atom stereocenters. The van der Waals surface area contributed by atoms with E-state index < -0.39 is 0 Å². The summed E-state index contributed by atoms with van der Waals surface area (Å²) < 4.78 is 0. The molecule has 3 nitrogen and oxygen atoms in total. The van der Waals surface area contributed by atoms with E-state index in [1.165, 1.54) is 6.07 Å². The molecule has 12 heavy (non-hydrogen) atoms. The van der Waals surface area contributed by atoms with Crippen LogP contribution in [0.2, 0.25) is 0 Å². The van der Waals surface area contributed by atoms with Crippen molar-refractivity contribution in [3.8, 4) is 5.75 Å². The molecular formula is C7H9IN2OS. The highest BCUT2D eigenvalue weighted by molar-refractivity contribution is 14.0. The zero-order valence-corrected chi connectivity index (χ0v) is 9.34. The van der Waals surface area contributed by atoms with E-state index in [1.54, 1.807) is 18.2 Å². The number of amidine groups is 1. The Morgan fingerprint density at radius 2 is 2.17 bits per heavy atom. The van der Waals surface area contributed by atoms with Crippen LogP contribution >= 0.6 is 36.6 Å². The smallest absolute Gasteiger partial charge is 0.155 e. The average molecular weight is 296 g/mol. The molecule has 0 aromatic heterocycles. The van der Waals surface area contributed by atoms with Crippen molar-refractivity contribution in [2.24, 2.45) is 0 Å². The predicted octanol–water partition coefficient (Wildman–Crippen LogP) is 2.29. The first-order valence-electron chi connectivity index (χ1n) is 3.02. The van der Waals surface area contributed by atoms with Crippen molar-refractivity contribution in [1.29, 1.82) is 5.41 Å². The van der Waals surface area contributed by atoms with Gasteiger partial charge >= 0.3 is 0 Å². The summed E-state index contributed by atoms with van der Waals surface area (Å²) in [6.07, 6.45) is 0. The summed E-state index contributed by atoms with van der Waals surface area (Å²) in [4.78, 5) is 0. The van der Waals surface area contributed by atoms with E-state index in [2.05, 4.69) is 17.9 Å². The van der Waals surface area contributed by atoms with Crippen LogP contribution in [0.3, 0.4) is 0 Å². The maximum absolute atomic E-state index is 8.99. The number of hydrogen-bond donors (Lipinski definition) is 4. The molecule has 3 N–H and O–H groups in total. The predicted molar refractivity (Wildman–Crippen MR) is 63.9 cm³/mol. The number of rotatable bonds is 1. The lowest BCUT2D eigenvalue weighted by Gasteiger charge is -2.01. The molecule has 0 spiro atoms. The highest BCUT2D eigenvalue weighted by Crippen LogP contribution is 2.15. The molecule has 0 saturated heterocycles. The molecular weight excluding hydrogens is 287 g/mol. The Labute approximate surface area is 93.1 Å². The van der Waals surface area contributed by atoms with E-state index >= 15 is 0 Å². The van der Waals surface area contributed by atoms with Crippen LogP contribution < -0.4 is 5.32 Å². The molecule has 0 amide bonds. The molecule has 0 heterocycles. The number of phenols is 1. The van der Waals surface area contributed by atoms with Crippen LogP contribution in [0.25, 0.3) is 0 Å². The minimum absolute atomic E-state index is 0. The summed E-state index contributed by atoms with van der Waals surface area (Å²) in [6, 6.07) is 6.51. The van der Waals surface area contributed by atoms with Gasteiger partial charge in [-0.2, -0.15) is 0 Å². The lowest BCUT2D eigenvalue weighted by molar-refractivity contribution is 0.475. The second kappa shape index (κ2) is 5.26. The number of aromatic hydroxyl groups is 1. The van der Waals surface area contributed by atoms with Crippen molar-refractivity contribution in [2.45, 2.75) is 0 Å². The number of nitrogens with one attached hydrogen (secondary N) is 2. The number of hydrogen-bond acceptors (Lipinski definition) is 2. The quantitative estimate of drug-likeness (QED) is 0.278. The standard InChI is InChI=1S/C7H8N2OS.HI/c8-7(11)9-5-2-1-3-6(10)4-5;/h1-4,10H,(H3,8,9,11);1H. The van der Waals surface area contributed by atoms with Gasteiger partial charge in [0.2, 0.25) is 0 Å². The van der Waals surface area contributed by atoms with Crippen molar-refractivity contribution in [1.82, 2.24) is 0 Å². The van der Waals surface area contributed by atoms with Gasteiger partial charge in [0.05, 0.1) is 0 Å². The van der Waals surface area contributed by atoms with Crippen LogP contribution in [0.1, 0.15) is 0 Å². The van der Waals surface area contributed by atoms with Gasteiger partial charge < -0.3 is 10.4 Å². The molecule has 0 radical (unpaired) electrons. The van der Waals surface area contributed by atoms with Gasteiger partial charge in [0.1, 0.15) is 5.75 Å². The van der Waals surface area contributed by atoms with E-state index in [0.717, 1.165) is 0 Å². The van der Waals surface area contributed by atoms with Gasteiger partial charge in [-0.1, -0.05) is 6.07 Å². The normalized spacial score (nSPS) is 8.42. The van der Waals surface area contributed by atoms with Crippen molar-refractivity contribution in [2.75, 3.05) is 5.32 Å². The third kappa shape index (κ3) is 3.82. The van der Waals surface area contributed by atoms with Crippen molar-refractivity contribution >= 4 is 47.5 Å². The molecule has 0 saturated carbocycles. The monoisotopic (exact) mass is 296 g/mol. The first-order chi connectivity index (χ1) is 5.18. The van der Waals surface area contributed by atoms with Crippen LogP contribution in [-0.2, 0) is 0 Å². The molecule has 66 valence electrons. The summed E-state index contributed by atoms with van der Waals surface area (Å²) in [5.74, 6) is 0.171. The molecule has 0 unspecified atom stereocenters. The van der Waals surface area contributed by atoms with Gasteiger partial charge in [0, 0.05) is 11.8 Å². The van der Waals surface area contributed by atoms with Crippen LogP contribution in [0.15, 0.2) is 24.3 Å². The Kier molecular flexibility index (Phi) is 5.07. The molecule has 0 aliphatic rings. The fourth-order valence-electron chi connectivity index (χ4n) is 0.720. The summed E-state index contributed by atoms with van der Waals surface area (Å²) in [6.45, 7) is 0. The minimum Gasteiger partial charge on any atom is -0.508 e. The molecule has 0 fully saturated rings. The third-order valence-corrected chi connectivity index (χ3v) is 1.22. The number of benzene rings is 1. The number of thiol groups is 1. The number of halogens is 1. The summed E-state index contributed by atoms with van der Waals surface area (Å²) in [5, 5.41) is 18.6. The molecule has 0 aliphatic heterocycles. The molecule has 0 bridgehead atoms. The highest BCUT2D eigenvalue weighted by atomic mass is 127. The lowest BCUT2D eigenvalue weighted by Crippen LogP contribution is -2.01. The summed E-state index contributed by atoms with van der Waals surface area (Å²) in [5.41, 5.74) is 0.657. The highest BCUT2D eigenvalue weighted by Gasteiger charge is 1.92.